The fourth-order valence-electron chi connectivity index (χ4n) is 3.21. The van der Waals surface area contributed by atoms with Gasteiger partial charge in [-0.2, -0.15) is 0 Å². The molecule has 2 atom stereocenters. The van der Waals surface area contributed by atoms with E-state index < -0.39 is 0 Å². The molecule has 2 aliphatic rings. The minimum atomic E-state index is 0.0544. The highest BCUT2D eigenvalue weighted by molar-refractivity contribution is 5.81. The number of carbonyl (C=O) groups is 1. The molecule has 2 N–H and O–H groups in total. The maximum atomic E-state index is 11.9. The van der Waals surface area contributed by atoms with Crippen molar-refractivity contribution in [2.45, 2.75) is 77.3 Å². The van der Waals surface area contributed by atoms with Crippen LogP contribution in [0.2, 0.25) is 0 Å². The van der Waals surface area contributed by atoms with Gasteiger partial charge in [-0.05, 0) is 50.4 Å². The third-order valence-corrected chi connectivity index (χ3v) is 4.55. The van der Waals surface area contributed by atoms with E-state index in [9.17, 15) is 4.79 Å². The Morgan fingerprint density at radius 1 is 1.11 bits per heavy atom. The summed E-state index contributed by atoms with van der Waals surface area (Å²) < 4.78 is 0. The molecule has 1 heterocycles. The molecule has 0 radical (unpaired) electrons. The molecule has 0 aromatic heterocycles. The van der Waals surface area contributed by atoms with Crippen molar-refractivity contribution in [3.8, 4) is 0 Å². The van der Waals surface area contributed by atoms with Gasteiger partial charge in [0.1, 0.15) is 0 Å². The van der Waals surface area contributed by atoms with Gasteiger partial charge in [-0.15, -0.1) is 0 Å². The molecule has 0 aromatic carbocycles. The smallest absolute Gasteiger partial charge is 0.237 e. The van der Waals surface area contributed by atoms with Crippen LogP contribution in [0.15, 0.2) is 0 Å². The maximum absolute atomic E-state index is 11.9. The summed E-state index contributed by atoms with van der Waals surface area (Å²) in [4.78, 5) is 11.9. The first-order chi connectivity index (χ1) is 8.57. The molecule has 1 saturated carbocycles. The number of amides is 1. The molecule has 2 rings (SSSR count). The molecular weight excluding hydrogens is 224 g/mol. The minimum absolute atomic E-state index is 0.0544. The topological polar surface area (TPSA) is 41.1 Å². The second kappa shape index (κ2) is 6.05. The van der Waals surface area contributed by atoms with Crippen LogP contribution in [0.25, 0.3) is 0 Å². The molecule has 3 nitrogen and oxygen atoms in total. The second-order valence-electron chi connectivity index (χ2n) is 6.80. The van der Waals surface area contributed by atoms with Crippen LogP contribution in [0.4, 0.5) is 0 Å². The average molecular weight is 252 g/mol. The van der Waals surface area contributed by atoms with Crippen LogP contribution in [0.3, 0.4) is 0 Å². The summed E-state index contributed by atoms with van der Waals surface area (Å²) in [6, 6.07) is 0.597. The summed E-state index contributed by atoms with van der Waals surface area (Å²) in [7, 11) is 0. The zero-order valence-corrected chi connectivity index (χ0v) is 11.9. The molecule has 2 unspecified atom stereocenters. The van der Waals surface area contributed by atoms with Crippen LogP contribution in [0, 0.1) is 5.41 Å². The van der Waals surface area contributed by atoms with Crippen LogP contribution >= 0.6 is 0 Å². The van der Waals surface area contributed by atoms with Gasteiger partial charge in [0.25, 0.3) is 0 Å². The molecule has 1 amide bonds. The molecule has 3 heteroatoms. The molecule has 0 aromatic rings. The summed E-state index contributed by atoms with van der Waals surface area (Å²) in [6.07, 6.45) is 9.63. The van der Waals surface area contributed by atoms with Crippen LogP contribution in [-0.4, -0.2) is 24.5 Å². The van der Waals surface area contributed by atoms with Gasteiger partial charge in [-0.25, -0.2) is 0 Å². The van der Waals surface area contributed by atoms with E-state index in [4.69, 9.17) is 0 Å². The van der Waals surface area contributed by atoms with Gasteiger partial charge in [0.05, 0.1) is 6.04 Å². The first-order valence-corrected chi connectivity index (χ1v) is 7.61. The maximum Gasteiger partial charge on any atom is 0.237 e. The zero-order valence-electron chi connectivity index (χ0n) is 11.9. The molecular formula is C15H28N2O. The Hall–Kier alpha value is -0.570. The molecule has 1 aliphatic heterocycles. The van der Waals surface area contributed by atoms with Crippen molar-refractivity contribution in [2.75, 3.05) is 6.54 Å². The Labute approximate surface area is 111 Å². The molecule has 0 spiro atoms. The number of carbonyl (C=O) groups excluding carboxylic acids is 1. The van der Waals surface area contributed by atoms with Crippen molar-refractivity contribution in [3.05, 3.63) is 0 Å². The predicted molar refractivity (Wildman–Crippen MR) is 74.4 cm³/mol. The number of hydrogen-bond donors (Lipinski definition) is 2. The van der Waals surface area contributed by atoms with Gasteiger partial charge in [-0.1, -0.05) is 20.3 Å². The van der Waals surface area contributed by atoms with Crippen LogP contribution in [0.5, 0.6) is 0 Å². The number of nitrogens with one attached hydrogen (secondary N) is 2. The molecule has 0 bridgehead atoms. The van der Waals surface area contributed by atoms with E-state index in [0.29, 0.717) is 11.5 Å². The first-order valence-electron chi connectivity index (χ1n) is 7.61. The van der Waals surface area contributed by atoms with E-state index in [0.717, 1.165) is 25.8 Å². The highest BCUT2D eigenvalue weighted by Gasteiger charge is 2.28. The van der Waals surface area contributed by atoms with Crippen molar-refractivity contribution in [2.24, 2.45) is 5.41 Å². The normalized spacial score (nSPS) is 33.3. The average Bonchev–Trinajstić information content (AvgIpc) is 2.60. The highest BCUT2D eigenvalue weighted by atomic mass is 16.2. The Bertz CT molecular complexity index is 288. The lowest BCUT2D eigenvalue weighted by atomic mass is 9.85. The van der Waals surface area contributed by atoms with E-state index in [1.165, 1.54) is 32.1 Å². The van der Waals surface area contributed by atoms with Gasteiger partial charge < -0.3 is 10.6 Å². The Balaban J connectivity index is 1.86. The predicted octanol–water partition coefficient (Wildman–Crippen LogP) is 2.60. The van der Waals surface area contributed by atoms with Gasteiger partial charge >= 0.3 is 0 Å². The molecule has 1 saturated heterocycles. The van der Waals surface area contributed by atoms with E-state index in [1.807, 2.05) is 0 Å². The monoisotopic (exact) mass is 252 g/mol. The van der Waals surface area contributed by atoms with E-state index in [-0.39, 0.29) is 11.9 Å². The van der Waals surface area contributed by atoms with Crippen molar-refractivity contribution >= 4 is 5.91 Å². The van der Waals surface area contributed by atoms with Crippen LogP contribution in [0.1, 0.15) is 65.2 Å². The van der Waals surface area contributed by atoms with Gasteiger partial charge in [0, 0.05) is 12.6 Å². The highest BCUT2D eigenvalue weighted by Crippen LogP contribution is 2.33. The van der Waals surface area contributed by atoms with Crippen LogP contribution < -0.4 is 10.6 Å². The molecule has 104 valence electrons. The van der Waals surface area contributed by atoms with Gasteiger partial charge in [0.2, 0.25) is 5.91 Å². The SMILES string of the molecule is CC1(C)CCCC(NC2CCCCNC2=O)CC1. The zero-order chi connectivity index (χ0) is 13.0. The van der Waals surface area contributed by atoms with E-state index in [2.05, 4.69) is 24.5 Å². The third-order valence-electron chi connectivity index (χ3n) is 4.55. The lowest BCUT2D eigenvalue weighted by molar-refractivity contribution is -0.123. The van der Waals surface area contributed by atoms with E-state index >= 15 is 0 Å². The number of hydrogen-bond acceptors (Lipinski definition) is 2. The Morgan fingerprint density at radius 3 is 2.78 bits per heavy atom. The van der Waals surface area contributed by atoms with Crippen molar-refractivity contribution in [1.29, 1.82) is 0 Å². The standard InChI is InChI=1S/C15H28N2O/c1-15(2)9-5-6-12(8-10-15)17-13-7-3-4-11-16-14(13)18/h12-13,17H,3-11H2,1-2H3,(H,16,18). The second-order valence-corrected chi connectivity index (χ2v) is 6.80. The quantitative estimate of drug-likeness (QED) is 0.742. The lowest BCUT2D eigenvalue weighted by Gasteiger charge is -2.24. The summed E-state index contributed by atoms with van der Waals surface area (Å²) in [6.45, 7) is 5.59. The molecule has 2 fully saturated rings. The van der Waals surface area contributed by atoms with Gasteiger partial charge in [-0.3, -0.25) is 4.79 Å². The fraction of sp³-hybridized carbons (Fsp3) is 0.933. The third kappa shape index (κ3) is 3.98. The minimum Gasteiger partial charge on any atom is -0.355 e. The Kier molecular flexibility index (Phi) is 4.66. The van der Waals surface area contributed by atoms with Crippen molar-refractivity contribution in [1.82, 2.24) is 10.6 Å². The van der Waals surface area contributed by atoms with E-state index in [1.54, 1.807) is 0 Å². The van der Waals surface area contributed by atoms with Crippen molar-refractivity contribution < 1.29 is 4.79 Å². The summed E-state index contributed by atoms with van der Waals surface area (Å²) in [5, 5.41) is 6.63. The summed E-state index contributed by atoms with van der Waals surface area (Å²) in [5.41, 5.74) is 0.488. The summed E-state index contributed by atoms with van der Waals surface area (Å²) >= 11 is 0. The number of rotatable bonds is 2. The van der Waals surface area contributed by atoms with Crippen molar-refractivity contribution in [3.63, 3.8) is 0 Å². The summed E-state index contributed by atoms with van der Waals surface area (Å²) in [5.74, 6) is 0.219. The molecule has 18 heavy (non-hydrogen) atoms. The van der Waals surface area contributed by atoms with Crippen LogP contribution in [-0.2, 0) is 4.79 Å². The first kappa shape index (κ1) is 13.9. The largest absolute Gasteiger partial charge is 0.355 e. The van der Waals surface area contributed by atoms with Gasteiger partial charge in [0.15, 0.2) is 0 Å². The molecule has 1 aliphatic carbocycles. The Morgan fingerprint density at radius 2 is 1.94 bits per heavy atom. The lowest BCUT2D eigenvalue weighted by Crippen LogP contribution is -2.47. The fourth-order valence-corrected chi connectivity index (χ4v) is 3.21.